The molecule has 9 heteroatoms. The lowest BCUT2D eigenvalue weighted by Crippen LogP contribution is -2.36. The lowest BCUT2D eigenvalue weighted by Gasteiger charge is -2.28. The highest BCUT2D eigenvalue weighted by Crippen LogP contribution is 2.25. The quantitative estimate of drug-likeness (QED) is 0.261. The minimum absolute atomic E-state index is 0.0265. The van der Waals surface area contributed by atoms with Gasteiger partial charge in [0.25, 0.3) is 0 Å². The van der Waals surface area contributed by atoms with Crippen molar-refractivity contribution in [2.24, 2.45) is 4.99 Å². The van der Waals surface area contributed by atoms with Crippen LogP contribution in [0.1, 0.15) is 12.0 Å². The number of rotatable bonds is 11. The molecule has 0 radical (unpaired) electrons. The third-order valence-electron chi connectivity index (χ3n) is 6.73. The molecule has 0 atom stereocenters. The highest BCUT2D eigenvalue weighted by atomic mass is 32.1. The number of hydrogen-bond acceptors (Lipinski definition) is 6. The molecule has 0 unspecified atom stereocenters. The van der Waals surface area contributed by atoms with E-state index in [1.54, 1.807) is 23.5 Å². The smallest absolute Gasteiger partial charge is 0.233 e. The van der Waals surface area contributed by atoms with Gasteiger partial charge in [-0.3, -0.25) is 4.79 Å². The first kappa shape index (κ1) is 27.8. The Morgan fingerprint density at radius 3 is 2.48 bits per heavy atom. The van der Waals surface area contributed by atoms with E-state index in [1.807, 2.05) is 30.3 Å². The van der Waals surface area contributed by atoms with Crippen molar-refractivity contribution in [3.8, 4) is 11.3 Å². The lowest BCUT2D eigenvalue weighted by molar-refractivity contribution is -0.120. The van der Waals surface area contributed by atoms with Crippen LogP contribution in [0.15, 0.2) is 89.2 Å². The van der Waals surface area contributed by atoms with Crippen molar-refractivity contribution in [1.29, 1.82) is 0 Å². The molecule has 0 bridgehead atoms. The predicted molar refractivity (Wildman–Crippen MR) is 158 cm³/mol. The van der Waals surface area contributed by atoms with Crippen LogP contribution in [0.3, 0.4) is 0 Å². The number of benzene rings is 3. The molecule has 7 nitrogen and oxygen atoms in total. The number of nitrogens with zero attached hydrogens (tertiary/aromatic N) is 3. The van der Waals surface area contributed by atoms with E-state index in [9.17, 15) is 9.18 Å². The van der Waals surface area contributed by atoms with Crippen molar-refractivity contribution in [2.45, 2.75) is 19.5 Å². The standard InChI is InChI=1S/C31H34FN5O2S/c32-26-9-11-27(12-10-26)35-31-37(16-4-15-34-30(38)22-33-21-24-5-2-1-3-6-24)29(23-40-31)25-7-13-28(14-8-25)36-17-19-39-20-18-36/h1-3,5-14,23,33H,4,15-22H2,(H,34,38)/b35-31-. The van der Waals surface area contributed by atoms with E-state index in [2.05, 4.69) is 49.7 Å². The van der Waals surface area contributed by atoms with Crippen molar-refractivity contribution in [2.75, 3.05) is 44.3 Å². The molecule has 40 heavy (non-hydrogen) atoms. The van der Waals surface area contributed by atoms with Crippen LogP contribution >= 0.6 is 11.3 Å². The molecular weight excluding hydrogens is 525 g/mol. The fourth-order valence-electron chi connectivity index (χ4n) is 4.60. The highest BCUT2D eigenvalue weighted by Gasteiger charge is 2.13. The summed E-state index contributed by atoms with van der Waals surface area (Å²) in [7, 11) is 0. The van der Waals surface area contributed by atoms with Gasteiger partial charge < -0.3 is 24.8 Å². The summed E-state index contributed by atoms with van der Waals surface area (Å²) >= 11 is 1.55. The van der Waals surface area contributed by atoms with E-state index in [0.29, 0.717) is 25.3 Å². The number of hydrogen-bond donors (Lipinski definition) is 2. The Hall–Kier alpha value is -3.79. The topological polar surface area (TPSA) is 70.9 Å². The second-order valence-electron chi connectivity index (χ2n) is 9.58. The van der Waals surface area contributed by atoms with Crippen LogP contribution in [0.4, 0.5) is 15.8 Å². The number of ether oxygens (including phenoxy) is 1. The van der Waals surface area contributed by atoms with Crippen LogP contribution < -0.4 is 20.3 Å². The van der Waals surface area contributed by atoms with Crippen molar-refractivity contribution in [1.82, 2.24) is 15.2 Å². The zero-order valence-corrected chi connectivity index (χ0v) is 23.2. The number of amides is 1. The Labute approximate surface area is 238 Å². The summed E-state index contributed by atoms with van der Waals surface area (Å²) in [4.78, 5) is 20.3. The van der Waals surface area contributed by atoms with Crippen LogP contribution in [0, 0.1) is 5.82 Å². The van der Waals surface area contributed by atoms with Gasteiger partial charge in [0.2, 0.25) is 5.91 Å². The lowest BCUT2D eigenvalue weighted by atomic mass is 10.1. The largest absolute Gasteiger partial charge is 0.378 e. The van der Waals surface area contributed by atoms with E-state index in [4.69, 9.17) is 9.73 Å². The molecule has 208 valence electrons. The fraction of sp³-hybridized carbons (Fsp3) is 0.290. The minimum atomic E-state index is -0.284. The maximum absolute atomic E-state index is 13.4. The van der Waals surface area contributed by atoms with E-state index in [1.165, 1.54) is 17.8 Å². The molecular formula is C31H34FN5O2S. The van der Waals surface area contributed by atoms with Gasteiger partial charge in [-0.1, -0.05) is 42.5 Å². The molecule has 1 aliphatic rings. The molecule has 0 saturated carbocycles. The Kier molecular flexibility index (Phi) is 9.73. The Morgan fingerprint density at radius 2 is 1.73 bits per heavy atom. The van der Waals surface area contributed by atoms with E-state index < -0.39 is 0 Å². The van der Waals surface area contributed by atoms with Crippen molar-refractivity contribution in [3.05, 3.63) is 100 Å². The number of carbonyl (C=O) groups excluding carboxylic acids is 1. The van der Waals surface area contributed by atoms with Gasteiger partial charge in [0, 0.05) is 43.8 Å². The summed E-state index contributed by atoms with van der Waals surface area (Å²) in [5, 5.41) is 8.31. The Balaban J connectivity index is 1.25. The number of morpholine rings is 1. The average Bonchev–Trinajstić information content (AvgIpc) is 3.39. The third-order valence-corrected chi connectivity index (χ3v) is 7.59. The van der Waals surface area contributed by atoms with Crippen LogP contribution in [0.25, 0.3) is 11.3 Å². The van der Waals surface area contributed by atoms with Crippen molar-refractivity contribution >= 4 is 28.6 Å². The number of halogens is 1. The molecule has 4 aromatic rings. The molecule has 1 fully saturated rings. The van der Waals surface area contributed by atoms with Gasteiger partial charge >= 0.3 is 0 Å². The van der Waals surface area contributed by atoms with Crippen LogP contribution in [0.5, 0.6) is 0 Å². The zero-order valence-electron chi connectivity index (χ0n) is 22.4. The molecule has 1 aromatic heterocycles. The first-order chi connectivity index (χ1) is 19.7. The summed E-state index contributed by atoms with van der Waals surface area (Å²) in [5.74, 6) is -0.311. The van der Waals surface area contributed by atoms with E-state index in [0.717, 1.165) is 54.3 Å². The average molecular weight is 560 g/mol. The van der Waals surface area contributed by atoms with Crippen LogP contribution in [-0.2, 0) is 22.6 Å². The molecule has 1 aliphatic heterocycles. The van der Waals surface area contributed by atoms with E-state index in [-0.39, 0.29) is 18.3 Å². The summed E-state index contributed by atoms with van der Waals surface area (Å²) in [6.07, 6.45) is 0.747. The fourth-order valence-corrected chi connectivity index (χ4v) is 5.56. The van der Waals surface area contributed by atoms with Gasteiger partial charge in [-0.15, -0.1) is 11.3 Å². The monoisotopic (exact) mass is 559 g/mol. The number of anilines is 1. The Morgan fingerprint density at radius 1 is 0.975 bits per heavy atom. The first-order valence-corrected chi connectivity index (χ1v) is 14.5. The van der Waals surface area contributed by atoms with Crippen molar-refractivity contribution in [3.63, 3.8) is 0 Å². The number of nitrogens with one attached hydrogen (secondary N) is 2. The van der Waals surface area contributed by atoms with Gasteiger partial charge in [0.15, 0.2) is 4.80 Å². The van der Waals surface area contributed by atoms with Gasteiger partial charge in [0.05, 0.1) is 31.1 Å². The Bertz CT molecular complexity index is 1430. The number of thiazole rings is 1. The van der Waals surface area contributed by atoms with Gasteiger partial charge in [0.1, 0.15) is 5.82 Å². The number of carbonyl (C=O) groups is 1. The molecule has 2 N–H and O–H groups in total. The van der Waals surface area contributed by atoms with Crippen LogP contribution in [-0.4, -0.2) is 49.9 Å². The molecule has 0 spiro atoms. The van der Waals surface area contributed by atoms with Gasteiger partial charge in [-0.05, 0) is 53.9 Å². The van der Waals surface area contributed by atoms with Gasteiger partial charge in [-0.2, -0.15) is 0 Å². The van der Waals surface area contributed by atoms with Crippen molar-refractivity contribution < 1.29 is 13.9 Å². The first-order valence-electron chi connectivity index (χ1n) is 13.6. The third kappa shape index (κ3) is 7.65. The molecule has 5 rings (SSSR count). The SMILES string of the molecule is O=C(CNCc1ccccc1)NCCCn1c(-c2ccc(N3CCOCC3)cc2)cs/c1=N\c1ccc(F)cc1. The minimum Gasteiger partial charge on any atom is -0.378 e. The number of aromatic nitrogens is 1. The zero-order chi connectivity index (χ0) is 27.6. The molecule has 2 heterocycles. The highest BCUT2D eigenvalue weighted by molar-refractivity contribution is 7.07. The summed E-state index contributed by atoms with van der Waals surface area (Å²) in [5.41, 5.74) is 5.20. The summed E-state index contributed by atoms with van der Waals surface area (Å²) in [6, 6.07) is 24.8. The predicted octanol–water partition coefficient (Wildman–Crippen LogP) is 4.72. The van der Waals surface area contributed by atoms with Gasteiger partial charge in [-0.25, -0.2) is 9.38 Å². The molecule has 1 amide bonds. The van der Waals surface area contributed by atoms with Crippen LogP contribution in [0.2, 0.25) is 0 Å². The second-order valence-corrected chi connectivity index (χ2v) is 10.4. The summed E-state index contributed by atoms with van der Waals surface area (Å²) in [6.45, 7) is 5.45. The normalized spacial score (nSPS) is 13.9. The molecule has 0 aliphatic carbocycles. The summed E-state index contributed by atoms with van der Waals surface area (Å²) < 4.78 is 21.1. The van der Waals surface area contributed by atoms with E-state index >= 15 is 0 Å². The second kappa shape index (κ2) is 14.0. The maximum Gasteiger partial charge on any atom is 0.233 e. The maximum atomic E-state index is 13.4. The molecule has 3 aromatic carbocycles. The molecule has 1 saturated heterocycles.